The van der Waals surface area contributed by atoms with Crippen LogP contribution in [0.2, 0.25) is 0 Å². The monoisotopic (exact) mass is 1480 g/mol. The van der Waals surface area contributed by atoms with E-state index in [1.807, 2.05) is 17.9 Å². The number of carboxylic acids is 4. The molecule has 4 fully saturated rings. The molecule has 4 saturated heterocycles. The van der Waals surface area contributed by atoms with E-state index < -0.39 is 107 Å². The van der Waals surface area contributed by atoms with Crippen molar-refractivity contribution in [1.82, 2.24) is 60.5 Å². The van der Waals surface area contributed by atoms with Crippen molar-refractivity contribution in [2.24, 2.45) is 22.4 Å². The Labute approximate surface area is 609 Å². The summed E-state index contributed by atoms with van der Waals surface area (Å²) in [5, 5.41) is 49.0. The highest BCUT2D eigenvalue weighted by Gasteiger charge is 2.44. The van der Waals surface area contributed by atoms with Crippen LogP contribution >= 0.6 is 23.5 Å². The molecule has 568 valence electrons. The summed E-state index contributed by atoms with van der Waals surface area (Å²) in [7, 11) is 0. The van der Waals surface area contributed by atoms with Crippen molar-refractivity contribution in [2.75, 3.05) is 136 Å². The Morgan fingerprint density at radius 1 is 0.573 bits per heavy atom. The second kappa shape index (κ2) is 43.7. The van der Waals surface area contributed by atoms with Crippen molar-refractivity contribution in [3.05, 3.63) is 70.8 Å². The number of hydrogen-bond acceptors (Lipinski definition) is 20. The van der Waals surface area contributed by atoms with Gasteiger partial charge in [-0.15, -0.1) is 0 Å². The van der Waals surface area contributed by atoms with Gasteiger partial charge in [0.15, 0.2) is 0 Å². The molecule has 2 aromatic carbocycles. The van der Waals surface area contributed by atoms with Gasteiger partial charge in [-0.25, -0.2) is 9.79 Å². The van der Waals surface area contributed by atoms with Gasteiger partial charge in [-0.1, -0.05) is 68.8 Å². The summed E-state index contributed by atoms with van der Waals surface area (Å²) in [5.41, 5.74) is 14.6. The maximum Gasteiger partial charge on any atom is 0.340 e. The van der Waals surface area contributed by atoms with Crippen molar-refractivity contribution in [2.45, 2.75) is 133 Å². The molecule has 34 heteroatoms. The van der Waals surface area contributed by atoms with Crippen molar-refractivity contribution < 1.29 is 82.8 Å². The first-order chi connectivity index (χ1) is 49.3. The zero-order chi connectivity index (χ0) is 75.0. The lowest BCUT2D eigenvalue weighted by Crippen LogP contribution is -2.58. The molecule has 0 aliphatic carbocycles. The van der Waals surface area contributed by atoms with E-state index in [2.05, 4.69) is 43.3 Å². The van der Waals surface area contributed by atoms with E-state index in [4.69, 9.17) is 11.5 Å². The van der Waals surface area contributed by atoms with E-state index in [-0.39, 0.29) is 135 Å². The number of carbonyl (C=O) groups is 13. The van der Waals surface area contributed by atoms with Gasteiger partial charge in [0.05, 0.1) is 38.5 Å². The fourth-order valence-electron chi connectivity index (χ4n) is 12.8. The second-order valence-corrected chi connectivity index (χ2v) is 28.5. The molecule has 0 spiro atoms. The molecular weight excluding hydrogens is 1370 g/mol. The number of thioether (sulfide) groups is 2. The number of benzene rings is 2. The normalized spacial score (nSPS) is 18.9. The molecule has 12 N–H and O–H groups in total. The van der Waals surface area contributed by atoms with Crippen LogP contribution in [0.4, 0.5) is 4.79 Å². The highest BCUT2D eigenvalue weighted by molar-refractivity contribution is 7.98. The molecule has 6 rings (SSSR count). The van der Waals surface area contributed by atoms with E-state index in [1.165, 1.54) is 39.5 Å². The summed E-state index contributed by atoms with van der Waals surface area (Å²) in [4.78, 5) is 188. The molecule has 2 aromatic rings. The zero-order valence-corrected chi connectivity index (χ0v) is 60.6. The molecule has 0 saturated carbocycles. The third kappa shape index (κ3) is 29.4. The number of aliphatic carboxylic acids is 4. The molecule has 10 amide bonds. The Morgan fingerprint density at radius 2 is 1.10 bits per heavy atom. The van der Waals surface area contributed by atoms with Crippen LogP contribution < -0.4 is 32.7 Å². The summed E-state index contributed by atoms with van der Waals surface area (Å²) >= 11 is 2.90. The van der Waals surface area contributed by atoms with Crippen LogP contribution in [0.5, 0.6) is 0 Å². The first-order valence-electron chi connectivity index (χ1n) is 35.3. The van der Waals surface area contributed by atoms with Gasteiger partial charge >= 0.3 is 29.9 Å². The Bertz CT molecular complexity index is 3230. The molecule has 1 unspecified atom stereocenters. The van der Waals surface area contributed by atoms with Crippen LogP contribution in [0.15, 0.2) is 53.5 Å². The third-order valence-corrected chi connectivity index (χ3v) is 20.5. The average Bonchev–Trinajstić information content (AvgIpc) is 1.68. The van der Waals surface area contributed by atoms with Crippen molar-refractivity contribution in [3.8, 4) is 0 Å². The predicted octanol–water partition coefficient (Wildman–Crippen LogP) is -0.216. The smallest absolute Gasteiger partial charge is 0.340 e. The fraction of sp³-hybridized carbons (Fsp3) is 0.623. The van der Waals surface area contributed by atoms with E-state index >= 15 is 0 Å². The molecular formula is C69H103N15O17S2. The number of hydrogen-bond donors (Lipinski definition) is 10. The number of unbranched alkanes of at least 4 members (excludes halogenated alkanes) is 1. The number of aliphatic imine (C=N–C) groups is 1. The van der Waals surface area contributed by atoms with Crippen LogP contribution in [0, 0.1) is 5.92 Å². The number of nitrogens with two attached hydrogens (primary N) is 2. The van der Waals surface area contributed by atoms with Gasteiger partial charge in [-0.3, -0.25) is 82.0 Å². The minimum atomic E-state index is -1.36. The van der Waals surface area contributed by atoms with Gasteiger partial charge in [0.1, 0.15) is 30.2 Å². The zero-order valence-electron chi connectivity index (χ0n) is 59.0. The van der Waals surface area contributed by atoms with Gasteiger partial charge in [0.2, 0.25) is 47.3 Å². The molecule has 6 atom stereocenters. The SMILES string of the molecule is CCCCNC(=O)N=CC(CSCc1cc(CSCCC(=O)O)cc(CN2CCN(C(=O)CN3CCN(CC(=O)O)CCN(CC(=O)O)CCN(CC(=O)O)CC3)CC2)c1)C(=O)N1CCC[C@H]1C(=O)N1CCC[C@H]1C(=O)N[C@@H](CC)C(=O)N[C@@H](CCC(N)=O)C(=O)N[C@@H](Cc1ccccc1)C(N)=O. The second-order valence-electron chi connectivity index (χ2n) is 26.4. The van der Waals surface area contributed by atoms with Crippen LogP contribution in [0.1, 0.15) is 100 Å². The first kappa shape index (κ1) is 83.7. The van der Waals surface area contributed by atoms with Crippen LogP contribution in [-0.4, -0.2) is 309 Å². The van der Waals surface area contributed by atoms with Gasteiger partial charge in [0.25, 0.3) is 0 Å². The van der Waals surface area contributed by atoms with Gasteiger partial charge < -0.3 is 67.9 Å². The summed E-state index contributed by atoms with van der Waals surface area (Å²) in [6.45, 7) is 8.07. The van der Waals surface area contributed by atoms with E-state index in [9.17, 15) is 82.8 Å². The molecule has 103 heavy (non-hydrogen) atoms. The molecule has 0 radical (unpaired) electrons. The lowest BCUT2D eigenvalue weighted by atomic mass is 10.0. The van der Waals surface area contributed by atoms with Crippen molar-refractivity contribution >= 4 is 107 Å². The number of nitrogens with one attached hydrogen (secondary N) is 4. The highest BCUT2D eigenvalue weighted by atomic mass is 32.2. The lowest BCUT2D eigenvalue weighted by molar-refractivity contribution is -0.147. The van der Waals surface area contributed by atoms with E-state index in [1.54, 1.807) is 56.9 Å². The standard InChI is InChI=1S/C69H103N15O17S2/c1-3-5-18-72-69(101)73-38-51(67(99)84-20-10-14-56(84)68(100)83-19-9-13-55(83)66(98)74-52(4-2)64(96)75-53(15-16-57(70)85)65(97)76-54(63(71)95)37-47-11-7-6-8-12-47)46-103-45-50-35-48(34-49(36-50)44-102-33-17-59(87)88)39-77-29-31-82(32-30-77)58(86)40-78-21-23-79(41-60(89)90)25-27-81(43-62(93)94)28-26-80(24-22-78)42-61(91)92/h6-8,11-12,34-36,38,51-56H,3-5,9-10,13-33,37,39-46H2,1-2H3,(H2,70,85)(H2,71,95)(H,72,101)(H,74,98)(H,75,96)(H,76,97)(H,87,88)(H,89,90)(H,91,92)(H,93,94)/t51?,52-,53-,54-,55-,56-/m0/s1. The lowest BCUT2D eigenvalue weighted by Gasteiger charge is -2.37. The summed E-state index contributed by atoms with van der Waals surface area (Å²) in [5.74, 6) is -8.42. The number of carboxylic acid groups (broad SMARTS) is 4. The highest BCUT2D eigenvalue weighted by Crippen LogP contribution is 2.29. The Kier molecular flexibility index (Phi) is 35.5. The van der Waals surface area contributed by atoms with Gasteiger partial charge in [-0.05, 0) is 67.2 Å². The number of urea groups is 1. The molecule has 0 bridgehead atoms. The van der Waals surface area contributed by atoms with Gasteiger partial charge in [-0.2, -0.15) is 23.5 Å². The number of nitrogens with zero attached hydrogens (tertiary/aromatic N) is 9. The van der Waals surface area contributed by atoms with Crippen molar-refractivity contribution in [1.29, 1.82) is 0 Å². The van der Waals surface area contributed by atoms with E-state index in [0.717, 1.165) is 23.1 Å². The topological polar surface area (TPSA) is 441 Å². The summed E-state index contributed by atoms with van der Waals surface area (Å²) in [6.07, 6.45) is 3.84. The molecule has 0 aromatic heterocycles. The largest absolute Gasteiger partial charge is 0.481 e. The van der Waals surface area contributed by atoms with E-state index in [0.29, 0.717) is 94.4 Å². The molecule has 4 aliphatic heterocycles. The third-order valence-electron chi connectivity index (χ3n) is 18.4. The fourth-order valence-corrected chi connectivity index (χ4v) is 14.7. The number of carbonyl (C=O) groups excluding carboxylic acids is 9. The van der Waals surface area contributed by atoms with Gasteiger partial charge in [0, 0.05) is 147 Å². The maximum absolute atomic E-state index is 14.9. The Balaban J connectivity index is 1.11. The molecule has 32 nitrogen and oxygen atoms in total. The molecule has 4 aliphatic rings. The minimum Gasteiger partial charge on any atom is -0.481 e. The first-order valence-corrected chi connectivity index (χ1v) is 37.6. The number of amides is 10. The van der Waals surface area contributed by atoms with Crippen molar-refractivity contribution in [3.63, 3.8) is 0 Å². The predicted molar refractivity (Wildman–Crippen MR) is 385 cm³/mol. The number of rotatable bonds is 38. The molecule has 4 heterocycles. The summed E-state index contributed by atoms with van der Waals surface area (Å²) < 4.78 is 0. The quantitative estimate of drug-likeness (QED) is 0.0307. The average molecular weight is 1480 g/mol. The Hall–Kier alpha value is -8.28. The summed E-state index contributed by atoms with van der Waals surface area (Å²) in [6, 6.07) is 8.61. The van der Waals surface area contributed by atoms with Crippen LogP contribution in [0.25, 0.3) is 0 Å². The Morgan fingerprint density at radius 3 is 1.64 bits per heavy atom. The van der Waals surface area contributed by atoms with Crippen LogP contribution in [-0.2, 0) is 82.0 Å². The number of likely N-dealkylation sites (tertiary alicyclic amines) is 2. The maximum atomic E-state index is 14.9. The van der Waals surface area contributed by atoms with Crippen LogP contribution in [0.3, 0.4) is 0 Å². The number of piperazine rings is 1. The minimum absolute atomic E-state index is 0.0121. The number of primary amides is 2.